The zero-order chi connectivity index (χ0) is 10.4. The molecule has 0 bridgehead atoms. The van der Waals surface area contributed by atoms with E-state index in [4.69, 9.17) is 4.42 Å². The van der Waals surface area contributed by atoms with E-state index in [0.29, 0.717) is 0 Å². The summed E-state index contributed by atoms with van der Waals surface area (Å²) < 4.78 is 5.21. The Morgan fingerprint density at radius 2 is 1.93 bits per heavy atom. The summed E-state index contributed by atoms with van der Waals surface area (Å²) in [7, 11) is 0. The number of aryl methyl sites for hydroxylation is 1. The van der Waals surface area contributed by atoms with Gasteiger partial charge in [0.2, 0.25) is 0 Å². The molecule has 1 nitrogen and oxygen atoms in total. The summed E-state index contributed by atoms with van der Waals surface area (Å²) in [6.45, 7) is 3.88. The van der Waals surface area contributed by atoms with Crippen molar-refractivity contribution in [2.24, 2.45) is 0 Å². The average molecular weight is 206 g/mol. The third kappa shape index (κ3) is 2.96. The molecule has 1 aromatic rings. The van der Waals surface area contributed by atoms with Gasteiger partial charge in [0.1, 0.15) is 5.76 Å². The molecule has 2 heteroatoms. The van der Waals surface area contributed by atoms with Gasteiger partial charge >= 0.3 is 0 Å². The SMILES string of the molecule is C\C=C/C=C\C=C\c1coc(C)c1S. The predicted octanol–water partition coefficient (Wildman–Crippen LogP) is 4.02. The molecule has 0 fully saturated rings. The Morgan fingerprint density at radius 3 is 2.50 bits per heavy atom. The fourth-order valence-electron chi connectivity index (χ4n) is 0.984. The van der Waals surface area contributed by atoms with Crippen molar-refractivity contribution >= 4 is 18.7 Å². The maximum absolute atomic E-state index is 5.21. The molecule has 0 unspecified atom stereocenters. The van der Waals surface area contributed by atoms with E-state index in [1.807, 2.05) is 50.3 Å². The van der Waals surface area contributed by atoms with Crippen LogP contribution in [0, 0.1) is 6.92 Å². The first-order chi connectivity index (χ1) is 6.75. The topological polar surface area (TPSA) is 13.1 Å². The lowest BCUT2D eigenvalue weighted by atomic mass is 10.3. The molecular formula is C12H14OS. The highest BCUT2D eigenvalue weighted by molar-refractivity contribution is 7.80. The smallest absolute Gasteiger partial charge is 0.114 e. The van der Waals surface area contributed by atoms with Gasteiger partial charge in [-0.15, -0.1) is 12.6 Å². The van der Waals surface area contributed by atoms with Crippen LogP contribution in [-0.2, 0) is 0 Å². The van der Waals surface area contributed by atoms with Gasteiger partial charge in [-0.25, -0.2) is 0 Å². The molecule has 0 saturated carbocycles. The molecule has 0 aliphatic heterocycles. The Labute approximate surface area is 90.2 Å². The minimum Gasteiger partial charge on any atom is -0.468 e. The van der Waals surface area contributed by atoms with E-state index in [0.717, 1.165) is 16.2 Å². The molecule has 74 valence electrons. The van der Waals surface area contributed by atoms with Gasteiger partial charge in [0.15, 0.2) is 0 Å². The quantitative estimate of drug-likeness (QED) is 0.582. The average Bonchev–Trinajstić information content (AvgIpc) is 2.49. The van der Waals surface area contributed by atoms with Crippen LogP contribution in [-0.4, -0.2) is 0 Å². The third-order valence-corrected chi connectivity index (χ3v) is 2.34. The van der Waals surface area contributed by atoms with Gasteiger partial charge in [-0.2, -0.15) is 0 Å². The van der Waals surface area contributed by atoms with Crippen molar-refractivity contribution in [2.45, 2.75) is 18.7 Å². The van der Waals surface area contributed by atoms with E-state index in [9.17, 15) is 0 Å². The Hall–Kier alpha value is -1.15. The van der Waals surface area contributed by atoms with Gasteiger partial charge in [0.05, 0.1) is 11.2 Å². The first-order valence-corrected chi connectivity index (χ1v) is 4.93. The summed E-state index contributed by atoms with van der Waals surface area (Å²) in [5.41, 5.74) is 1.01. The molecule has 0 aliphatic carbocycles. The number of furan rings is 1. The standard InChI is InChI=1S/C12H14OS/c1-3-4-5-6-7-8-11-9-13-10(2)12(11)14/h3-9,14H,1-2H3/b4-3-,6-5-,8-7+. The van der Waals surface area contributed by atoms with Crippen LogP contribution >= 0.6 is 12.6 Å². The van der Waals surface area contributed by atoms with Crippen LogP contribution in [0.25, 0.3) is 6.08 Å². The minimum absolute atomic E-state index is 0.852. The second kappa shape index (κ2) is 5.55. The first-order valence-electron chi connectivity index (χ1n) is 4.48. The molecule has 0 aliphatic rings. The predicted molar refractivity (Wildman–Crippen MR) is 63.7 cm³/mol. The monoisotopic (exact) mass is 206 g/mol. The second-order valence-corrected chi connectivity index (χ2v) is 3.31. The van der Waals surface area contributed by atoms with Gasteiger partial charge in [-0.1, -0.05) is 36.5 Å². The van der Waals surface area contributed by atoms with E-state index in [1.165, 1.54) is 0 Å². The van der Waals surface area contributed by atoms with Gasteiger partial charge in [0.25, 0.3) is 0 Å². The van der Waals surface area contributed by atoms with Crippen molar-refractivity contribution < 1.29 is 4.42 Å². The van der Waals surface area contributed by atoms with Crippen molar-refractivity contribution in [1.82, 2.24) is 0 Å². The summed E-state index contributed by atoms with van der Waals surface area (Å²) in [6.07, 6.45) is 13.5. The molecule has 0 radical (unpaired) electrons. The van der Waals surface area contributed by atoms with Crippen LogP contribution in [0.15, 0.2) is 46.0 Å². The fraction of sp³-hybridized carbons (Fsp3) is 0.167. The summed E-state index contributed by atoms with van der Waals surface area (Å²) in [5.74, 6) is 0.852. The van der Waals surface area contributed by atoms with Crippen molar-refractivity contribution in [3.8, 4) is 0 Å². The van der Waals surface area contributed by atoms with Crippen LogP contribution in [0.4, 0.5) is 0 Å². The molecule has 14 heavy (non-hydrogen) atoms. The molecule has 0 saturated heterocycles. The Bertz CT molecular complexity index is 370. The van der Waals surface area contributed by atoms with Crippen molar-refractivity contribution in [3.63, 3.8) is 0 Å². The highest BCUT2D eigenvalue weighted by Gasteiger charge is 2.01. The minimum atomic E-state index is 0.852. The van der Waals surface area contributed by atoms with Crippen LogP contribution < -0.4 is 0 Å². The molecule has 0 N–H and O–H groups in total. The van der Waals surface area contributed by atoms with E-state index in [2.05, 4.69) is 12.6 Å². The Morgan fingerprint density at radius 1 is 1.21 bits per heavy atom. The molecule has 1 heterocycles. The van der Waals surface area contributed by atoms with Gasteiger partial charge in [-0.3, -0.25) is 0 Å². The number of rotatable bonds is 3. The van der Waals surface area contributed by atoms with Crippen molar-refractivity contribution in [3.05, 3.63) is 48.0 Å². The van der Waals surface area contributed by atoms with E-state index in [-0.39, 0.29) is 0 Å². The van der Waals surface area contributed by atoms with Gasteiger partial charge < -0.3 is 4.42 Å². The fourth-order valence-corrected chi connectivity index (χ4v) is 1.16. The maximum Gasteiger partial charge on any atom is 0.114 e. The second-order valence-electron chi connectivity index (χ2n) is 2.87. The van der Waals surface area contributed by atoms with E-state index < -0.39 is 0 Å². The lowest BCUT2D eigenvalue weighted by molar-refractivity contribution is 0.527. The van der Waals surface area contributed by atoms with Crippen molar-refractivity contribution in [1.29, 1.82) is 0 Å². The summed E-state index contributed by atoms with van der Waals surface area (Å²) in [6, 6.07) is 0. The third-order valence-electron chi connectivity index (χ3n) is 1.77. The van der Waals surface area contributed by atoms with Crippen LogP contribution in [0.1, 0.15) is 18.2 Å². The number of hydrogen-bond donors (Lipinski definition) is 1. The zero-order valence-electron chi connectivity index (χ0n) is 8.40. The largest absolute Gasteiger partial charge is 0.468 e. The van der Waals surface area contributed by atoms with Gasteiger partial charge in [0, 0.05) is 5.56 Å². The maximum atomic E-state index is 5.21. The summed E-state index contributed by atoms with van der Waals surface area (Å²) in [4.78, 5) is 0.903. The van der Waals surface area contributed by atoms with Crippen LogP contribution in [0.2, 0.25) is 0 Å². The summed E-state index contributed by atoms with van der Waals surface area (Å²) >= 11 is 4.32. The lowest BCUT2D eigenvalue weighted by Crippen LogP contribution is -1.67. The Balaban J connectivity index is 2.65. The first kappa shape index (κ1) is 10.9. The molecule has 1 aromatic heterocycles. The number of thiol groups is 1. The Kier molecular flexibility index (Phi) is 4.33. The van der Waals surface area contributed by atoms with Crippen LogP contribution in [0.5, 0.6) is 0 Å². The molecule has 0 spiro atoms. The molecular weight excluding hydrogens is 192 g/mol. The van der Waals surface area contributed by atoms with E-state index >= 15 is 0 Å². The zero-order valence-corrected chi connectivity index (χ0v) is 9.29. The molecule has 0 atom stereocenters. The number of hydrogen-bond acceptors (Lipinski definition) is 2. The highest BCUT2D eigenvalue weighted by atomic mass is 32.1. The molecule has 0 aromatic carbocycles. The highest BCUT2D eigenvalue weighted by Crippen LogP contribution is 2.21. The normalized spacial score (nSPS) is 12.5. The van der Waals surface area contributed by atoms with E-state index in [1.54, 1.807) is 6.26 Å². The van der Waals surface area contributed by atoms with Crippen LogP contribution in [0.3, 0.4) is 0 Å². The van der Waals surface area contributed by atoms with Gasteiger partial charge in [-0.05, 0) is 13.8 Å². The molecule has 1 rings (SSSR count). The number of allylic oxidation sites excluding steroid dienone is 5. The lowest BCUT2D eigenvalue weighted by Gasteiger charge is -1.86. The molecule has 0 amide bonds. The van der Waals surface area contributed by atoms with Crippen molar-refractivity contribution in [2.75, 3.05) is 0 Å². The summed E-state index contributed by atoms with van der Waals surface area (Å²) in [5, 5.41) is 0.